The molecule has 0 aliphatic heterocycles. The van der Waals surface area contributed by atoms with E-state index in [1.54, 1.807) is 0 Å². The Morgan fingerprint density at radius 1 is 1.05 bits per heavy atom. The third-order valence-corrected chi connectivity index (χ3v) is 2.93. The van der Waals surface area contributed by atoms with E-state index in [4.69, 9.17) is 10.00 Å². The van der Waals surface area contributed by atoms with Gasteiger partial charge in [0.1, 0.15) is 5.75 Å². The molecule has 0 atom stereocenters. The van der Waals surface area contributed by atoms with Crippen LogP contribution < -0.4 is 4.74 Å². The molecule has 0 unspecified atom stereocenters. The number of ether oxygens (including phenoxy) is 1. The van der Waals surface area contributed by atoms with Crippen LogP contribution in [0.4, 0.5) is 0 Å². The Morgan fingerprint density at radius 2 is 1.79 bits per heavy atom. The van der Waals surface area contributed by atoms with Crippen molar-refractivity contribution in [2.75, 3.05) is 6.61 Å². The summed E-state index contributed by atoms with van der Waals surface area (Å²) >= 11 is 0. The van der Waals surface area contributed by atoms with Crippen molar-refractivity contribution < 1.29 is 4.74 Å². The molecule has 0 amide bonds. The summed E-state index contributed by atoms with van der Waals surface area (Å²) in [5, 5.41) is 8.93. The van der Waals surface area contributed by atoms with E-state index in [2.05, 4.69) is 13.0 Å². The van der Waals surface area contributed by atoms with Crippen molar-refractivity contribution in [2.24, 2.45) is 0 Å². The van der Waals surface area contributed by atoms with Gasteiger partial charge in [-0.05, 0) is 41.8 Å². The fourth-order valence-corrected chi connectivity index (χ4v) is 1.87. The Labute approximate surface area is 114 Å². The van der Waals surface area contributed by atoms with Gasteiger partial charge in [0, 0.05) is 0 Å². The zero-order valence-corrected chi connectivity index (χ0v) is 11.1. The van der Waals surface area contributed by atoms with Gasteiger partial charge in [0.15, 0.2) is 0 Å². The highest BCUT2D eigenvalue weighted by Gasteiger charge is 2.01. The molecular formula is C17H17NO. The summed E-state index contributed by atoms with van der Waals surface area (Å²) in [6, 6.07) is 17.8. The Hall–Kier alpha value is -2.27. The van der Waals surface area contributed by atoms with Crippen LogP contribution in [-0.4, -0.2) is 6.61 Å². The topological polar surface area (TPSA) is 33.0 Å². The molecule has 0 fully saturated rings. The standard InChI is InChI=1S/C17H17NO/c1-2-3-10-19-17-9-5-8-16(12-17)15-7-4-6-14(11-15)13-18/h4-9,11-12H,2-3,10H2,1H3. The highest BCUT2D eigenvalue weighted by atomic mass is 16.5. The smallest absolute Gasteiger partial charge is 0.119 e. The molecule has 0 aromatic heterocycles. The summed E-state index contributed by atoms with van der Waals surface area (Å²) < 4.78 is 5.70. The molecule has 0 spiro atoms. The van der Waals surface area contributed by atoms with Gasteiger partial charge in [-0.3, -0.25) is 0 Å². The maximum absolute atomic E-state index is 8.93. The predicted octanol–water partition coefficient (Wildman–Crippen LogP) is 4.40. The number of nitrogens with zero attached hydrogens (tertiary/aromatic N) is 1. The van der Waals surface area contributed by atoms with E-state index in [0.29, 0.717) is 5.56 Å². The minimum atomic E-state index is 0.676. The number of hydrogen-bond donors (Lipinski definition) is 0. The SMILES string of the molecule is CCCCOc1cccc(-c2cccc(C#N)c2)c1. The molecule has 2 heteroatoms. The van der Waals surface area contributed by atoms with E-state index in [1.807, 2.05) is 48.5 Å². The van der Waals surface area contributed by atoms with Crippen LogP contribution in [0.3, 0.4) is 0 Å². The lowest BCUT2D eigenvalue weighted by Gasteiger charge is -2.08. The van der Waals surface area contributed by atoms with Crippen LogP contribution in [0.15, 0.2) is 48.5 Å². The first-order valence-electron chi connectivity index (χ1n) is 6.57. The fourth-order valence-electron chi connectivity index (χ4n) is 1.87. The summed E-state index contributed by atoms with van der Waals surface area (Å²) in [5.74, 6) is 0.883. The molecule has 0 saturated carbocycles. The Morgan fingerprint density at radius 3 is 2.53 bits per heavy atom. The molecule has 2 nitrogen and oxygen atoms in total. The molecule has 2 rings (SSSR count). The fraction of sp³-hybridized carbons (Fsp3) is 0.235. The Bertz CT molecular complexity index is 584. The Balaban J connectivity index is 2.20. The normalized spacial score (nSPS) is 9.89. The van der Waals surface area contributed by atoms with Crippen LogP contribution in [0.5, 0.6) is 5.75 Å². The van der Waals surface area contributed by atoms with E-state index in [9.17, 15) is 0 Å². The van der Waals surface area contributed by atoms with Gasteiger partial charge in [0.05, 0.1) is 18.2 Å². The minimum absolute atomic E-state index is 0.676. The van der Waals surface area contributed by atoms with Crippen molar-refractivity contribution in [1.82, 2.24) is 0 Å². The largest absolute Gasteiger partial charge is 0.494 e. The summed E-state index contributed by atoms with van der Waals surface area (Å²) in [5.41, 5.74) is 2.79. The lowest BCUT2D eigenvalue weighted by atomic mass is 10.0. The van der Waals surface area contributed by atoms with Gasteiger partial charge in [-0.1, -0.05) is 37.6 Å². The summed E-state index contributed by atoms with van der Waals surface area (Å²) in [6.07, 6.45) is 2.19. The first kappa shape index (κ1) is 13.2. The second-order valence-electron chi connectivity index (χ2n) is 4.42. The number of benzene rings is 2. The number of unbranched alkanes of at least 4 members (excludes halogenated alkanes) is 1. The molecule has 0 radical (unpaired) electrons. The molecule has 2 aromatic carbocycles. The maximum Gasteiger partial charge on any atom is 0.119 e. The first-order valence-corrected chi connectivity index (χ1v) is 6.57. The molecule has 0 aliphatic rings. The lowest BCUT2D eigenvalue weighted by molar-refractivity contribution is 0.309. The number of rotatable bonds is 5. The number of nitriles is 1. The third kappa shape index (κ3) is 3.59. The molecule has 0 saturated heterocycles. The van der Waals surface area contributed by atoms with Crippen LogP contribution in [0.25, 0.3) is 11.1 Å². The van der Waals surface area contributed by atoms with Crippen molar-refractivity contribution >= 4 is 0 Å². The average Bonchev–Trinajstić information content (AvgIpc) is 2.48. The Kier molecular flexibility index (Phi) is 4.58. The van der Waals surface area contributed by atoms with Crippen molar-refractivity contribution in [3.05, 3.63) is 54.1 Å². The van der Waals surface area contributed by atoms with Crippen molar-refractivity contribution in [3.8, 4) is 22.9 Å². The van der Waals surface area contributed by atoms with E-state index in [1.165, 1.54) is 0 Å². The van der Waals surface area contributed by atoms with Crippen LogP contribution in [0, 0.1) is 11.3 Å². The van der Waals surface area contributed by atoms with Gasteiger partial charge in [-0.15, -0.1) is 0 Å². The van der Waals surface area contributed by atoms with Crippen LogP contribution in [-0.2, 0) is 0 Å². The summed E-state index contributed by atoms with van der Waals surface area (Å²) in [7, 11) is 0. The second kappa shape index (κ2) is 6.61. The van der Waals surface area contributed by atoms with E-state index >= 15 is 0 Å². The maximum atomic E-state index is 8.93. The minimum Gasteiger partial charge on any atom is -0.494 e. The molecule has 0 heterocycles. The summed E-state index contributed by atoms with van der Waals surface area (Å²) in [4.78, 5) is 0. The van der Waals surface area contributed by atoms with Crippen molar-refractivity contribution in [2.45, 2.75) is 19.8 Å². The zero-order valence-electron chi connectivity index (χ0n) is 11.1. The van der Waals surface area contributed by atoms with Crippen LogP contribution in [0.1, 0.15) is 25.3 Å². The quantitative estimate of drug-likeness (QED) is 0.738. The molecule has 96 valence electrons. The van der Waals surface area contributed by atoms with E-state index in [0.717, 1.165) is 36.3 Å². The van der Waals surface area contributed by atoms with Crippen molar-refractivity contribution in [1.29, 1.82) is 5.26 Å². The molecule has 2 aromatic rings. The number of hydrogen-bond acceptors (Lipinski definition) is 2. The van der Waals surface area contributed by atoms with Crippen LogP contribution in [0.2, 0.25) is 0 Å². The molecule has 0 N–H and O–H groups in total. The monoisotopic (exact) mass is 251 g/mol. The third-order valence-electron chi connectivity index (χ3n) is 2.93. The van der Waals surface area contributed by atoms with Gasteiger partial charge in [0.2, 0.25) is 0 Å². The van der Waals surface area contributed by atoms with Gasteiger partial charge in [-0.2, -0.15) is 5.26 Å². The predicted molar refractivity (Wildman–Crippen MR) is 77.0 cm³/mol. The van der Waals surface area contributed by atoms with Crippen molar-refractivity contribution in [3.63, 3.8) is 0 Å². The highest BCUT2D eigenvalue weighted by Crippen LogP contribution is 2.24. The van der Waals surface area contributed by atoms with Crippen LogP contribution >= 0.6 is 0 Å². The van der Waals surface area contributed by atoms with Gasteiger partial charge in [-0.25, -0.2) is 0 Å². The lowest BCUT2D eigenvalue weighted by Crippen LogP contribution is -1.96. The van der Waals surface area contributed by atoms with E-state index < -0.39 is 0 Å². The first-order chi connectivity index (χ1) is 9.33. The zero-order chi connectivity index (χ0) is 13.5. The molecule has 0 aliphatic carbocycles. The van der Waals surface area contributed by atoms with Gasteiger partial charge >= 0.3 is 0 Å². The molecule has 19 heavy (non-hydrogen) atoms. The van der Waals surface area contributed by atoms with Gasteiger partial charge < -0.3 is 4.74 Å². The molecule has 0 bridgehead atoms. The van der Waals surface area contributed by atoms with E-state index in [-0.39, 0.29) is 0 Å². The second-order valence-corrected chi connectivity index (χ2v) is 4.42. The van der Waals surface area contributed by atoms with Gasteiger partial charge in [0.25, 0.3) is 0 Å². The highest BCUT2D eigenvalue weighted by molar-refractivity contribution is 5.66. The summed E-state index contributed by atoms with van der Waals surface area (Å²) in [6.45, 7) is 2.89. The molecular weight excluding hydrogens is 234 g/mol. The average molecular weight is 251 g/mol.